The molecule has 0 saturated heterocycles. The van der Waals surface area contributed by atoms with Gasteiger partial charge in [0.05, 0.1) is 6.26 Å². The maximum atomic E-state index is 8.28. The van der Waals surface area contributed by atoms with Gasteiger partial charge < -0.3 is 5.11 Å². The first-order chi connectivity index (χ1) is 4.06. The molecule has 0 aliphatic carbocycles. The van der Waals surface area contributed by atoms with Crippen LogP contribution < -0.4 is 0 Å². The van der Waals surface area contributed by atoms with E-state index in [-0.39, 0.29) is 0 Å². The van der Waals surface area contributed by atoms with Gasteiger partial charge in [-0.1, -0.05) is 26.8 Å². The third-order valence-corrected chi connectivity index (χ3v) is 1.17. The zero-order chi connectivity index (χ0) is 7.33. The molecule has 0 aromatic heterocycles. The quantitative estimate of drug-likeness (QED) is 0.567. The van der Waals surface area contributed by atoms with E-state index in [4.69, 9.17) is 5.11 Å². The second-order valence-electron chi connectivity index (χ2n) is 3.48. The van der Waals surface area contributed by atoms with Gasteiger partial charge >= 0.3 is 0 Å². The summed E-state index contributed by atoms with van der Waals surface area (Å²) < 4.78 is 0. The Bertz CT molecular complexity index is 87.2. The van der Waals surface area contributed by atoms with Crippen LogP contribution in [0.3, 0.4) is 0 Å². The van der Waals surface area contributed by atoms with E-state index >= 15 is 0 Å². The van der Waals surface area contributed by atoms with Crippen molar-refractivity contribution in [1.29, 1.82) is 0 Å². The van der Waals surface area contributed by atoms with Crippen LogP contribution in [0.1, 0.15) is 33.6 Å². The minimum absolute atomic E-state index is 0.388. The Balaban J connectivity index is 3.28. The van der Waals surface area contributed by atoms with Crippen molar-refractivity contribution in [3.63, 3.8) is 0 Å². The highest BCUT2D eigenvalue weighted by Gasteiger charge is 2.07. The Kier molecular flexibility index (Phi) is 3.36. The second-order valence-corrected chi connectivity index (χ2v) is 3.48. The molecule has 54 valence electrons. The molecule has 0 unspecified atom stereocenters. The van der Waals surface area contributed by atoms with Gasteiger partial charge in [0.25, 0.3) is 0 Å². The van der Waals surface area contributed by atoms with E-state index in [0.717, 1.165) is 19.1 Å². The highest BCUT2D eigenvalue weighted by atomic mass is 16.2. The summed E-state index contributed by atoms with van der Waals surface area (Å²) in [5.41, 5.74) is 0.388. The summed E-state index contributed by atoms with van der Waals surface area (Å²) in [5.74, 6) is 0. The highest BCUT2D eigenvalue weighted by molar-refractivity contribution is 4.74. The van der Waals surface area contributed by atoms with Crippen LogP contribution in [0.15, 0.2) is 12.3 Å². The molecule has 0 radical (unpaired) electrons. The van der Waals surface area contributed by atoms with E-state index in [0.29, 0.717) is 5.41 Å². The number of allylic oxidation sites excluding steroid dienone is 1. The van der Waals surface area contributed by atoms with Gasteiger partial charge in [-0.2, -0.15) is 0 Å². The van der Waals surface area contributed by atoms with Crippen molar-refractivity contribution < 1.29 is 5.11 Å². The van der Waals surface area contributed by atoms with Crippen molar-refractivity contribution >= 4 is 0 Å². The van der Waals surface area contributed by atoms with Crippen LogP contribution in [0, 0.1) is 5.41 Å². The molecule has 1 heteroatoms. The van der Waals surface area contributed by atoms with Crippen LogP contribution in [-0.4, -0.2) is 5.11 Å². The first-order valence-corrected chi connectivity index (χ1v) is 3.35. The van der Waals surface area contributed by atoms with Gasteiger partial charge in [-0.05, 0) is 18.3 Å². The fraction of sp³-hybridized carbons (Fsp3) is 0.750. The van der Waals surface area contributed by atoms with E-state index in [9.17, 15) is 0 Å². The zero-order valence-electron chi connectivity index (χ0n) is 6.52. The summed E-state index contributed by atoms with van der Waals surface area (Å²) in [6.07, 6.45) is 5.00. The number of hydrogen-bond donors (Lipinski definition) is 1. The van der Waals surface area contributed by atoms with Crippen LogP contribution in [0.25, 0.3) is 0 Å². The minimum Gasteiger partial charge on any atom is -0.516 e. The van der Waals surface area contributed by atoms with Crippen LogP contribution in [0.2, 0.25) is 0 Å². The number of rotatable bonds is 2. The van der Waals surface area contributed by atoms with Gasteiger partial charge in [0.2, 0.25) is 0 Å². The van der Waals surface area contributed by atoms with Gasteiger partial charge in [0.15, 0.2) is 0 Å². The standard InChI is InChI=1S/C8H16O/c1-8(2,3)6-4-5-7-9/h5,7,9H,4,6H2,1-3H3. The minimum atomic E-state index is 0.388. The van der Waals surface area contributed by atoms with Crippen molar-refractivity contribution in [1.82, 2.24) is 0 Å². The maximum Gasteiger partial charge on any atom is 0.0751 e. The van der Waals surface area contributed by atoms with Crippen LogP contribution >= 0.6 is 0 Å². The van der Waals surface area contributed by atoms with E-state index < -0.39 is 0 Å². The predicted molar refractivity (Wildman–Crippen MR) is 40.5 cm³/mol. The average molecular weight is 128 g/mol. The fourth-order valence-electron chi connectivity index (χ4n) is 0.591. The molecule has 0 amide bonds. The monoisotopic (exact) mass is 128 g/mol. The van der Waals surface area contributed by atoms with Crippen LogP contribution in [-0.2, 0) is 0 Å². The second kappa shape index (κ2) is 3.54. The molecule has 0 spiro atoms. The molecule has 1 N–H and O–H groups in total. The van der Waals surface area contributed by atoms with E-state index in [1.54, 1.807) is 6.08 Å². The van der Waals surface area contributed by atoms with Gasteiger partial charge in [-0.3, -0.25) is 0 Å². The topological polar surface area (TPSA) is 20.2 Å². The lowest BCUT2D eigenvalue weighted by atomic mass is 9.91. The molecule has 0 aliphatic rings. The van der Waals surface area contributed by atoms with E-state index in [1.807, 2.05) is 0 Å². The van der Waals surface area contributed by atoms with Gasteiger partial charge in [-0.25, -0.2) is 0 Å². The van der Waals surface area contributed by atoms with Crippen LogP contribution in [0.4, 0.5) is 0 Å². The Morgan fingerprint density at radius 1 is 1.33 bits per heavy atom. The van der Waals surface area contributed by atoms with E-state index in [2.05, 4.69) is 20.8 Å². The normalized spacial score (nSPS) is 12.8. The molecule has 0 fully saturated rings. The summed E-state index contributed by atoms with van der Waals surface area (Å²) >= 11 is 0. The smallest absolute Gasteiger partial charge is 0.0751 e. The molecule has 0 heterocycles. The highest BCUT2D eigenvalue weighted by Crippen LogP contribution is 2.20. The van der Waals surface area contributed by atoms with Crippen molar-refractivity contribution in [2.45, 2.75) is 33.6 Å². The Morgan fingerprint density at radius 3 is 2.22 bits per heavy atom. The largest absolute Gasteiger partial charge is 0.516 e. The Labute approximate surface area is 57.4 Å². The molecule has 0 saturated carbocycles. The third kappa shape index (κ3) is 7.54. The molecule has 1 nitrogen and oxygen atoms in total. The third-order valence-electron chi connectivity index (χ3n) is 1.17. The van der Waals surface area contributed by atoms with Crippen LogP contribution in [0.5, 0.6) is 0 Å². The van der Waals surface area contributed by atoms with Gasteiger partial charge in [0.1, 0.15) is 0 Å². The number of aliphatic hydroxyl groups excluding tert-OH is 1. The molecule has 0 rings (SSSR count). The SMILES string of the molecule is CC(C)(C)CCC=CO. The first kappa shape index (κ1) is 8.54. The number of hydrogen-bond acceptors (Lipinski definition) is 1. The van der Waals surface area contributed by atoms with Gasteiger partial charge in [0, 0.05) is 0 Å². The molecule has 0 bridgehead atoms. The molecular formula is C8H16O. The summed E-state index contributed by atoms with van der Waals surface area (Å²) in [7, 11) is 0. The molecular weight excluding hydrogens is 112 g/mol. The lowest BCUT2D eigenvalue weighted by Crippen LogP contribution is -2.02. The zero-order valence-corrected chi connectivity index (χ0v) is 6.52. The van der Waals surface area contributed by atoms with Crippen molar-refractivity contribution in [2.75, 3.05) is 0 Å². The van der Waals surface area contributed by atoms with Gasteiger partial charge in [-0.15, -0.1) is 0 Å². The molecule has 0 aromatic carbocycles. The predicted octanol–water partition coefficient (Wildman–Crippen LogP) is 2.88. The first-order valence-electron chi connectivity index (χ1n) is 3.35. The molecule has 9 heavy (non-hydrogen) atoms. The lowest BCUT2D eigenvalue weighted by molar-refractivity contribution is 0.378. The fourth-order valence-corrected chi connectivity index (χ4v) is 0.591. The van der Waals surface area contributed by atoms with E-state index in [1.165, 1.54) is 0 Å². The lowest BCUT2D eigenvalue weighted by Gasteiger charge is -2.15. The maximum absolute atomic E-state index is 8.28. The summed E-state index contributed by atoms with van der Waals surface area (Å²) in [5, 5.41) is 8.28. The van der Waals surface area contributed by atoms with Crippen molar-refractivity contribution in [2.24, 2.45) is 5.41 Å². The van der Waals surface area contributed by atoms with Crippen molar-refractivity contribution in [3.8, 4) is 0 Å². The summed E-state index contributed by atoms with van der Waals surface area (Å²) in [4.78, 5) is 0. The number of aliphatic hydroxyl groups is 1. The summed E-state index contributed by atoms with van der Waals surface area (Å²) in [6, 6.07) is 0. The van der Waals surface area contributed by atoms with Crippen molar-refractivity contribution in [3.05, 3.63) is 12.3 Å². The summed E-state index contributed by atoms with van der Waals surface area (Å²) in [6.45, 7) is 6.58. The molecule has 0 aliphatic heterocycles. The average Bonchev–Trinajstić information content (AvgIpc) is 1.63. The Morgan fingerprint density at radius 2 is 1.89 bits per heavy atom. The molecule has 0 atom stereocenters. The Hall–Kier alpha value is -0.460. The molecule has 0 aromatic rings.